The van der Waals surface area contributed by atoms with Gasteiger partial charge in [-0.05, 0) is 62.1 Å². The number of carbonyl (C=O) groups excluding carboxylic acids is 2. The summed E-state index contributed by atoms with van der Waals surface area (Å²) in [6.07, 6.45) is 13.1. The first kappa shape index (κ1) is 25.5. The molecule has 0 bridgehead atoms. The van der Waals surface area contributed by atoms with Gasteiger partial charge >= 0.3 is 0 Å². The molecule has 10 heteroatoms. The van der Waals surface area contributed by atoms with Gasteiger partial charge in [-0.3, -0.25) is 24.5 Å². The Balaban J connectivity index is 1.10. The number of aliphatic imine (C=N–C) groups is 2. The molecule has 0 aromatic heterocycles. The summed E-state index contributed by atoms with van der Waals surface area (Å²) in [4.78, 5) is 39.9. The largest absolute Gasteiger partial charge is 0.345 e. The summed E-state index contributed by atoms with van der Waals surface area (Å²) in [7, 11) is 2.04. The van der Waals surface area contributed by atoms with Crippen molar-refractivity contribution in [1.82, 2.24) is 20.4 Å². The first-order chi connectivity index (χ1) is 18.4. The van der Waals surface area contributed by atoms with E-state index in [1.54, 1.807) is 18.5 Å². The third kappa shape index (κ3) is 4.97. The lowest BCUT2D eigenvalue weighted by molar-refractivity contribution is -0.117. The van der Waals surface area contributed by atoms with Crippen LogP contribution in [0.1, 0.15) is 19.8 Å². The second kappa shape index (κ2) is 10.4. The lowest BCUT2D eigenvalue weighted by Crippen LogP contribution is -2.60. The fourth-order valence-corrected chi connectivity index (χ4v) is 7.05. The van der Waals surface area contributed by atoms with E-state index in [0.717, 1.165) is 30.8 Å². The minimum atomic E-state index is -1.06. The monoisotopic (exact) mass is 536 g/mol. The number of hydrogen-bond donors (Lipinski definition) is 2. The highest BCUT2D eigenvalue weighted by molar-refractivity contribution is 8.04. The topological polar surface area (TPSA) is 89.4 Å². The number of allylic oxidation sites excluding steroid dienone is 2. The van der Waals surface area contributed by atoms with E-state index in [0.29, 0.717) is 35.6 Å². The Morgan fingerprint density at radius 3 is 2.76 bits per heavy atom. The van der Waals surface area contributed by atoms with Gasteiger partial charge in [-0.1, -0.05) is 23.9 Å². The van der Waals surface area contributed by atoms with Crippen LogP contribution >= 0.6 is 11.8 Å². The van der Waals surface area contributed by atoms with Crippen molar-refractivity contribution in [3.05, 3.63) is 57.7 Å². The van der Waals surface area contributed by atoms with Gasteiger partial charge in [0.15, 0.2) is 0 Å². The molecular weight excluding hydrogens is 503 g/mol. The first-order valence-electron chi connectivity index (χ1n) is 13.3. The number of likely N-dealkylation sites (N-methyl/N-ethyl adjacent to an activating group) is 1. The van der Waals surface area contributed by atoms with E-state index in [1.165, 1.54) is 11.8 Å². The number of alkyl halides is 1. The van der Waals surface area contributed by atoms with Crippen LogP contribution < -0.4 is 10.6 Å². The highest BCUT2D eigenvalue weighted by atomic mass is 32.2. The number of halogens is 1. The molecule has 6 unspecified atom stereocenters. The molecule has 4 aliphatic heterocycles. The molecule has 2 saturated heterocycles. The van der Waals surface area contributed by atoms with Crippen LogP contribution in [0.2, 0.25) is 0 Å². The molecule has 6 rings (SSSR count). The van der Waals surface area contributed by atoms with Crippen LogP contribution in [-0.4, -0.2) is 96.9 Å². The summed E-state index contributed by atoms with van der Waals surface area (Å²) in [5.74, 6) is -0.272. The molecule has 200 valence electrons. The van der Waals surface area contributed by atoms with E-state index in [9.17, 15) is 9.59 Å². The molecule has 2 amide bonds. The highest BCUT2D eigenvalue weighted by Crippen LogP contribution is 2.38. The Labute approximate surface area is 226 Å². The predicted octanol–water partition coefficient (Wildman–Crippen LogP) is 2.14. The van der Waals surface area contributed by atoms with Gasteiger partial charge in [0.2, 0.25) is 0 Å². The summed E-state index contributed by atoms with van der Waals surface area (Å²) in [6, 6.07) is -0.520. The molecule has 2 N–H and O–H groups in total. The van der Waals surface area contributed by atoms with Gasteiger partial charge in [0.25, 0.3) is 11.8 Å². The standard InChI is InChI=1S/C28H33FN6O2S/c1-16-3-6-19(12-21(16)33-27(37)24-13-22-28(38-24)31-8-7-30-22)32-26(36)17-4-5-18-14-35-10-9-34(2)15-23(35)25(29)20(18)11-17/h3-4,7-8,11-13,18-19,22-23,25,28H,5-6,9-10,14-15H2,1-2H3,(H,32,36)(H,33,37). The van der Waals surface area contributed by atoms with Gasteiger partial charge in [0.05, 0.1) is 17.0 Å². The SMILES string of the molecule is CC1=CCC(NC(=O)C2=CCC3CN4CCN(C)CC4C(F)C3=C2)C=C1NC(=O)C1=CC2N=CC=NC2S1. The summed E-state index contributed by atoms with van der Waals surface area (Å²) < 4.78 is 15.6. The highest BCUT2D eigenvalue weighted by Gasteiger charge is 2.43. The van der Waals surface area contributed by atoms with Gasteiger partial charge in [-0.25, -0.2) is 4.39 Å². The third-order valence-corrected chi connectivity index (χ3v) is 9.42. The fraction of sp³-hybridized carbons (Fsp3) is 0.500. The van der Waals surface area contributed by atoms with Crippen molar-refractivity contribution in [2.45, 2.75) is 49.4 Å². The predicted molar refractivity (Wildman–Crippen MR) is 149 cm³/mol. The summed E-state index contributed by atoms with van der Waals surface area (Å²) in [5.41, 5.74) is 2.92. The minimum absolute atomic E-state index is 0.0857. The molecule has 2 aliphatic carbocycles. The Kier molecular flexibility index (Phi) is 6.96. The van der Waals surface area contributed by atoms with Crippen molar-refractivity contribution in [3.8, 4) is 0 Å². The van der Waals surface area contributed by atoms with E-state index in [1.807, 2.05) is 38.3 Å². The summed E-state index contributed by atoms with van der Waals surface area (Å²) in [5, 5.41) is 5.99. The molecule has 38 heavy (non-hydrogen) atoms. The average Bonchev–Trinajstić information content (AvgIpc) is 3.36. The number of piperidine rings is 1. The van der Waals surface area contributed by atoms with E-state index in [2.05, 4.69) is 30.4 Å². The van der Waals surface area contributed by atoms with Crippen LogP contribution in [0.3, 0.4) is 0 Å². The van der Waals surface area contributed by atoms with Gasteiger partial charge in [0, 0.05) is 49.9 Å². The normalized spacial score (nSPS) is 34.6. The van der Waals surface area contributed by atoms with Gasteiger partial charge in [-0.15, -0.1) is 0 Å². The van der Waals surface area contributed by atoms with Crippen LogP contribution in [0, 0.1) is 5.92 Å². The number of amides is 2. The maximum absolute atomic E-state index is 15.6. The van der Waals surface area contributed by atoms with Crippen molar-refractivity contribution in [2.24, 2.45) is 15.9 Å². The number of fused-ring (bicyclic) bond motifs is 3. The van der Waals surface area contributed by atoms with Crippen molar-refractivity contribution in [2.75, 3.05) is 33.2 Å². The third-order valence-electron chi connectivity index (χ3n) is 8.20. The molecule has 8 nitrogen and oxygen atoms in total. The van der Waals surface area contributed by atoms with Crippen LogP contribution in [0.15, 0.2) is 67.7 Å². The molecule has 6 aliphatic rings. The Hall–Kier alpha value is -2.82. The number of carbonyl (C=O) groups is 2. The molecule has 0 aromatic rings. The van der Waals surface area contributed by atoms with Gasteiger partial charge in [-0.2, -0.15) is 0 Å². The number of nitrogens with zero attached hydrogens (tertiary/aromatic N) is 4. The van der Waals surface area contributed by atoms with Gasteiger partial charge in [0.1, 0.15) is 17.6 Å². The zero-order valence-electron chi connectivity index (χ0n) is 21.6. The fourth-order valence-electron chi connectivity index (χ4n) is 6.00. The Morgan fingerprint density at radius 1 is 1.08 bits per heavy atom. The lowest BCUT2D eigenvalue weighted by Gasteiger charge is -2.48. The zero-order valence-corrected chi connectivity index (χ0v) is 22.5. The van der Waals surface area contributed by atoms with Crippen molar-refractivity contribution in [3.63, 3.8) is 0 Å². The van der Waals surface area contributed by atoms with E-state index >= 15 is 4.39 Å². The first-order valence-corrected chi connectivity index (χ1v) is 14.2. The summed E-state index contributed by atoms with van der Waals surface area (Å²) >= 11 is 1.41. The second-order valence-electron chi connectivity index (χ2n) is 10.8. The number of thioether (sulfide) groups is 1. The summed E-state index contributed by atoms with van der Waals surface area (Å²) in [6.45, 7) is 5.36. The molecular formula is C28H33FN6O2S. The maximum atomic E-state index is 15.6. The number of rotatable bonds is 4. The molecule has 6 atom stereocenters. The van der Waals surface area contributed by atoms with Crippen molar-refractivity contribution < 1.29 is 14.0 Å². The van der Waals surface area contributed by atoms with Crippen molar-refractivity contribution in [1.29, 1.82) is 0 Å². The molecule has 0 saturated carbocycles. The molecule has 2 fully saturated rings. The van der Waals surface area contributed by atoms with Crippen molar-refractivity contribution >= 4 is 36.0 Å². The molecule has 0 spiro atoms. The molecule has 4 heterocycles. The number of piperazine rings is 1. The smallest absolute Gasteiger partial charge is 0.261 e. The number of nitrogens with one attached hydrogen (secondary N) is 2. The second-order valence-corrected chi connectivity index (χ2v) is 12.0. The van der Waals surface area contributed by atoms with E-state index < -0.39 is 6.17 Å². The Morgan fingerprint density at radius 2 is 1.92 bits per heavy atom. The van der Waals surface area contributed by atoms with E-state index in [4.69, 9.17) is 0 Å². The minimum Gasteiger partial charge on any atom is -0.345 e. The van der Waals surface area contributed by atoms with Crippen LogP contribution in [0.5, 0.6) is 0 Å². The van der Waals surface area contributed by atoms with E-state index in [-0.39, 0.29) is 41.2 Å². The Bertz CT molecular complexity index is 1250. The molecule has 0 radical (unpaired) electrons. The van der Waals surface area contributed by atoms with Crippen LogP contribution in [0.4, 0.5) is 4.39 Å². The zero-order chi connectivity index (χ0) is 26.4. The quantitative estimate of drug-likeness (QED) is 0.575. The van der Waals surface area contributed by atoms with Gasteiger partial charge < -0.3 is 15.5 Å². The maximum Gasteiger partial charge on any atom is 0.261 e. The van der Waals surface area contributed by atoms with Crippen LogP contribution in [-0.2, 0) is 9.59 Å². The molecule has 0 aromatic carbocycles. The average molecular weight is 537 g/mol. The van der Waals surface area contributed by atoms with Crippen LogP contribution in [0.25, 0.3) is 0 Å². The number of hydrogen-bond acceptors (Lipinski definition) is 7. The lowest BCUT2D eigenvalue weighted by atomic mass is 9.78.